The van der Waals surface area contributed by atoms with Crippen LogP contribution in [-0.2, 0) is 7.05 Å². The molecule has 0 radical (unpaired) electrons. The van der Waals surface area contributed by atoms with E-state index in [1.54, 1.807) is 6.20 Å². The van der Waals surface area contributed by atoms with E-state index in [0.717, 1.165) is 13.0 Å². The Balaban J connectivity index is 2.08. The van der Waals surface area contributed by atoms with E-state index >= 15 is 0 Å². The summed E-state index contributed by atoms with van der Waals surface area (Å²) in [7, 11) is 1.93. The van der Waals surface area contributed by atoms with Gasteiger partial charge in [0.2, 0.25) is 0 Å². The fraction of sp³-hybridized carbons (Fsp3) is 0.700. The van der Waals surface area contributed by atoms with Crippen LogP contribution < -0.4 is 10.1 Å². The largest absolute Gasteiger partial charge is 0.465 e. The highest BCUT2D eigenvalue weighted by molar-refractivity contribution is 4.96. The van der Waals surface area contributed by atoms with Gasteiger partial charge in [0.25, 0.3) is 6.01 Å². The minimum atomic E-state index is 0.545. The number of aromatic nitrogens is 2. The number of nitrogens with one attached hydrogen (secondary N) is 1. The van der Waals surface area contributed by atoms with Gasteiger partial charge in [-0.05, 0) is 13.0 Å². The number of rotatable bonds is 6. The zero-order valence-corrected chi connectivity index (χ0v) is 9.16. The third-order valence-corrected chi connectivity index (χ3v) is 1.88. The second-order valence-electron chi connectivity index (χ2n) is 3.63. The maximum atomic E-state index is 5.47. The summed E-state index contributed by atoms with van der Waals surface area (Å²) in [6.07, 6.45) is 4.62. The fourth-order valence-corrected chi connectivity index (χ4v) is 1.12. The monoisotopic (exact) mass is 197 g/mol. The highest BCUT2D eigenvalue weighted by Crippen LogP contribution is 2.03. The lowest BCUT2D eigenvalue weighted by molar-refractivity contribution is 0.274. The Morgan fingerprint density at radius 3 is 2.93 bits per heavy atom. The van der Waals surface area contributed by atoms with Gasteiger partial charge in [-0.1, -0.05) is 13.8 Å². The van der Waals surface area contributed by atoms with Crippen molar-refractivity contribution in [2.75, 3.05) is 13.2 Å². The van der Waals surface area contributed by atoms with Gasteiger partial charge in [0.05, 0.1) is 6.61 Å². The lowest BCUT2D eigenvalue weighted by Gasteiger charge is -2.08. The molecule has 0 atom stereocenters. The first-order valence-electron chi connectivity index (χ1n) is 5.03. The third-order valence-electron chi connectivity index (χ3n) is 1.88. The molecule has 0 aliphatic heterocycles. The molecule has 1 aromatic heterocycles. The van der Waals surface area contributed by atoms with Gasteiger partial charge in [0.15, 0.2) is 0 Å². The first-order chi connectivity index (χ1) is 6.70. The van der Waals surface area contributed by atoms with E-state index in [4.69, 9.17) is 4.74 Å². The van der Waals surface area contributed by atoms with E-state index in [9.17, 15) is 0 Å². The predicted octanol–water partition coefficient (Wildman–Crippen LogP) is 1.19. The third kappa shape index (κ3) is 3.79. The molecule has 1 aromatic rings. The average molecular weight is 197 g/mol. The van der Waals surface area contributed by atoms with Gasteiger partial charge >= 0.3 is 0 Å². The minimum Gasteiger partial charge on any atom is -0.465 e. The standard InChI is InChI=1S/C10H19N3O/c1-9(2)11-5-4-8-14-10-12-6-7-13(10)3/h6-7,9,11H,4-5,8H2,1-3H3. The average Bonchev–Trinajstić information content (AvgIpc) is 2.51. The molecule has 0 aliphatic carbocycles. The van der Waals surface area contributed by atoms with Crippen molar-refractivity contribution in [3.63, 3.8) is 0 Å². The maximum absolute atomic E-state index is 5.47. The van der Waals surface area contributed by atoms with Crippen LogP contribution in [0.25, 0.3) is 0 Å². The van der Waals surface area contributed by atoms with Crippen LogP contribution in [0.5, 0.6) is 6.01 Å². The Kier molecular flexibility index (Phi) is 4.46. The summed E-state index contributed by atoms with van der Waals surface area (Å²) < 4.78 is 7.34. The fourth-order valence-electron chi connectivity index (χ4n) is 1.12. The summed E-state index contributed by atoms with van der Waals surface area (Å²) in [6, 6.07) is 1.23. The van der Waals surface area contributed by atoms with Crippen molar-refractivity contribution in [2.24, 2.45) is 7.05 Å². The van der Waals surface area contributed by atoms with Gasteiger partial charge in [0.1, 0.15) is 0 Å². The van der Waals surface area contributed by atoms with Crippen molar-refractivity contribution in [2.45, 2.75) is 26.3 Å². The van der Waals surface area contributed by atoms with Gasteiger partial charge in [0, 0.05) is 25.5 Å². The van der Waals surface area contributed by atoms with Crippen molar-refractivity contribution >= 4 is 0 Å². The predicted molar refractivity (Wildman–Crippen MR) is 56.5 cm³/mol. The van der Waals surface area contributed by atoms with Crippen LogP contribution in [0.2, 0.25) is 0 Å². The zero-order chi connectivity index (χ0) is 10.4. The van der Waals surface area contributed by atoms with Crippen LogP contribution in [0.3, 0.4) is 0 Å². The molecule has 0 aromatic carbocycles. The molecule has 0 unspecified atom stereocenters. The quantitative estimate of drug-likeness (QED) is 0.696. The normalized spacial score (nSPS) is 10.9. The van der Waals surface area contributed by atoms with Crippen LogP contribution in [0.15, 0.2) is 12.4 Å². The molecule has 0 saturated carbocycles. The van der Waals surface area contributed by atoms with Crippen LogP contribution in [0, 0.1) is 0 Å². The summed E-state index contributed by atoms with van der Waals surface area (Å²) in [5, 5.41) is 3.33. The summed E-state index contributed by atoms with van der Waals surface area (Å²) in [6.45, 7) is 5.98. The number of nitrogens with zero attached hydrogens (tertiary/aromatic N) is 2. The van der Waals surface area contributed by atoms with E-state index in [-0.39, 0.29) is 0 Å². The Bertz CT molecular complexity index is 258. The van der Waals surface area contributed by atoms with Gasteiger partial charge < -0.3 is 14.6 Å². The van der Waals surface area contributed by atoms with Gasteiger partial charge in [-0.25, -0.2) is 4.98 Å². The first-order valence-corrected chi connectivity index (χ1v) is 5.03. The van der Waals surface area contributed by atoms with Crippen molar-refractivity contribution in [3.05, 3.63) is 12.4 Å². The van der Waals surface area contributed by atoms with Gasteiger partial charge in [-0.3, -0.25) is 0 Å². The smallest absolute Gasteiger partial charge is 0.295 e. The second-order valence-corrected chi connectivity index (χ2v) is 3.63. The first kappa shape index (κ1) is 11.0. The van der Waals surface area contributed by atoms with E-state index in [1.165, 1.54) is 0 Å². The molecule has 0 aliphatic rings. The van der Waals surface area contributed by atoms with E-state index in [1.807, 2.05) is 17.8 Å². The van der Waals surface area contributed by atoms with Crippen LogP contribution >= 0.6 is 0 Å². The van der Waals surface area contributed by atoms with Crippen molar-refractivity contribution in [1.29, 1.82) is 0 Å². The Labute approximate surface area is 85.3 Å². The van der Waals surface area contributed by atoms with Crippen LogP contribution in [-0.4, -0.2) is 28.7 Å². The van der Waals surface area contributed by atoms with E-state index < -0.39 is 0 Å². The molecular formula is C10H19N3O. The van der Waals surface area contributed by atoms with Gasteiger partial charge in [-0.2, -0.15) is 0 Å². The summed E-state index contributed by atoms with van der Waals surface area (Å²) >= 11 is 0. The molecule has 1 N–H and O–H groups in total. The summed E-state index contributed by atoms with van der Waals surface area (Å²) in [5.41, 5.74) is 0. The Morgan fingerprint density at radius 1 is 1.57 bits per heavy atom. The molecule has 1 rings (SSSR count). The maximum Gasteiger partial charge on any atom is 0.295 e. The second kappa shape index (κ2) is 5.65. The SMILES string of the molecule is CC(C)NCCCOc1nccn1C. The van der Waals surface area contributed by atoms with Gasteiger partial charge in [-0.15, -0.1) is 0 Å². The van der Waals surface area contributed by atoms with Crippen molar-refractivity contribution < 1.29 is 4.74 Å². The molecule has 14 heavy (non-hydrogen) atoms. The molecule has 0 bridgehead atoms. The summed E-state index contributed by atoms with van der Waals surface area (Å²) in [5.74, 6) is 0. The Morgan fingerprint density at radius 2 is 2.36 bits per heavy atom. The number of aryl methyl sites for hydroxylation is 1. The molecular weight excluding hydrogens is 178 g/mol. The minimum absolute atomic E-state index is 0.545. The van der Waals surface area contributed by atoms with Crippen molar-refractivity contribution in [3.8, 4) is 6.01 Å². The zero-order valence-electron chi connectivity index (χ0n) is 9.16. The lowest BCUT2D eigenvalue weighted by Crippen LogP contribution is -2.24. The van der Waals surface area contributed by atoms with E-state index in [2.05, 4.69) is 24.1 Å². The topological polar surface area (TPSA) is 39.1 Å². The molecule has 4 heteroatoms. The highest BCUT2D eigenvalue weighted by Gasteiger charge is 1.98. The molecule has 80 valence electrons. The highest BCUT2D eigenvalue weighted by atomic mass is 16.5. The molecule has 0 amide bonds. The molecule has 0 spiro atoms. The van der Waals surface area contributed by atoms with E-state index in [0.29, 0.717) is 18.7 Å². The lowest BCUT2D eigenvalue weighted by atomic mass is 10.3. The Hall–Kier alpha value is -1.03. The number of imidazole rings is 1. The molecule has 0 fully saturated rings. The number of hydrogen-bond donors (Lipinski definition) is 1. The molecule has 0 saturated heterocycles. The van der Waals surface area contributed by atoms with Crippen molar-refractivity contribution in [1.82, 2.24) is 14.9 Å². The molecule has 4 nitrogen and oxygen atoms in total. The summed E-state index contributed by atoms with van der Waals surface area (Å²) in [4.78, 5) is 4.07. The van der Waals surface area contributed by atoms with Crippen LogP contribution in [0.1, 0.15) is 20.3 Å². The number of hydrogen-bond acceptors (Lipinski definition) is 3. The van der Waals surface area contributed by atoms with Crippen LogP contribution in [0.4, 0.5) is 0 Å². The number of ether oxygens (including phenoxy) is 1. The molecule has 1 heterocycles.